The lowest BCUT2D eigenvalue weighted by atomic mass is 10.1. The number of nitrogens with zero attached hydrogens (tertiary/aromatic N) is 3. The van der Waals surface area contributed by atoms with Crippen LogP contribution in [0.2, 0.25) is 0 Å². The van der Waals surface area contributed by atoms with Gasteiger partial charge in [0.2, 0.25) is 0 Å². The van der Waals surface area contributed by atoms with E-state index in [0.29, 0.717) is 12.1 Å². The second kappa shape index (κ2) is 7.95. The fourth-order valence-electron chi connectivity index (χ4n) is 3.28. The lowest BCUT2D eigenvalue weighted by Crippen LogP contribution is -2.34. The highest BCUT2D eigenvalue weighted by Gasteiger charge is 2.17. The molecule has 0 amide bonds. The maximum atomic E-state index is 4.52. The summed E-state index contributed by atoms with van der Waals surface area (Å²) in [7, 11) is 0. The highest BCUT2D eigenvalue weighted by atomic mass is 15.3. The molecule has 0 aliphatic carbocycles. The van der Waals surface area contributed by atoms with Gasteiger partial charge >= 0.3 is 0 Å². The molecule has 21 heavy (non-hydrogen) atoms. The van der Waals surface area contributed by atoms with Crippen LogP contribution in [0.3, 0.4) is 0 Å². The number of aromatic nitrogens is 2. The molecule has 1 aromatic heterocycles. The van der Waals surface area contributed by atoms with Crippen LogP contribution in [-0.4, -0.2) is 46.4 Å². The van der Waals surface area contributed by atoms with E-state index in [9.17, 15) is 0 Å². The fraction of sp³-hybridized carbons (Fsp3) is 0.824. The summed E-state index contributed by atoms with van der Waals surface area (Å²) in [6.07, 6.45) is 5.10. The number of hydrogen-bond acceptors (Lipinski definition) is 3. The Balaban J connectivity index is 1.66. The van der Waals surface area contributed by atoms with Gasteiger partial charge in [-0.05, 0) is 79.1 Å². The van der Waals surface area contributed by atoms with E-state index >= 15 is 0 Å². The summed E-state index contributed by atoms with van der Waals surface area (Å²) in [6, 6.07) is 3.54. The van der Waals surface area contributed by atoms with Gasteiger partial charge in [-0.1, -0.05) is 0 Å². The Hall–Kier alpha value is -0.870. The van der Waals surface area contributed by atoms with Gasteiger partial charge in [0.05, 0.1) is 5.69 Å². The van der Waals surface area contributed by atoms with Gasteiger partial charge in [0.1, 0.15) is 0 Å². The SMILES string of the molecule is Cc1cc(C)n(CCCNC2CCCN(C(C)C)CC2)n1. The Labute approximate surface area is 129 Å². The van der Waals surface area contributed by atoms with E-state index in [-0.39, 0.29) is 0 Å². The first-order valence-electron chi connectivity index (χ1n) is 8.54. The summed E-state index contributed by atoms with van der Waals surface area (Å²) in [6.45, 7) is 13.5. The molecule has 0 radical (unpaired) electrons. The van der Waals surface area contributed by atoms with Crippen molar-refractivity contribution in [3.8, 4) is 0 Å². The van der Waals surface area contributed by atoms with E-state index in [2.05, 4.69) is 53.8 Å². The van der Waals surface area contributed by atoms with Gasteiger partial charge in [0, 0.05) is 24.3 Å². The molecule has 1 atom stereocenters. The Morgan fingerprint density at radius 2 is 2.10 bits per heavy atom. The third-order valence-electron chi connectivity index (χ3n) is 4.58. The third kappa shape index (κ3) is 5.11. The molecule has 1 aliphatic rings. The lowest BCUT2D eigenvalue weighted by molar-refractivity contribution is 0.229. The summed E-state index contributed by atoms with van der Waals surface area (Å²) in [5.41, 5.74) is 2.40. The Morgan fingerprint density at radius 3 is 2.76 bits per heavy atom. The third-order valence-corrected chi connectivity index (χ3v) is 4.58. The van der Waals surface area contributed by atoms with Crippen molar-refractivity contribution in [1.29, 1.82) is 0 Å². The first-order chi connectivity index (χ1) is 10.1. The molecular weight excluding hydrogens is 260 g/mol. The minimum absolute atomic E-state index is 0.690. The molecule has 1 fully saturated rings. The van der Waals surface area contributed by atoms with Crippen LogP contribution in [0.1, 0.15) is 50.9 Å². The Kier molecular flexibility index (Phi) is 6.24. The van der Waals surface area contributed by atoms with Crippen molar-refractivity contribution in [3.63, 3.8) is 0 Å². The molecule has 1 unspecified atom stereocenters. The molecule has 1 aromatic rings. The molecule has 2 rings (SSSR count). The van der Waals surface area contributed by atoms with Gasteiger partial charge < -0.3 is 10.2 Å². The monoisotopic (exact) mass is 292 g/mol. The van der Waals surface area contributed by atoms with Crippen molar-refractivity contribution < 1.29 is 0 Å². The minimum atomic E-state index is 0.690. The van der Waals surface area contributed by atoms with Crippen molar-refractivity contribution in [3.05, 3.63) is 17.5 Å². The number of nitrogens with one attached hydrogen (secondary N) is 1. The molecule has 2 heterocycles. The average Bonchev–Trinajstić information content (AvgIpc) is 2.65. The molecule has 120 valence electrons. The minimum Gasteiger partial charge on any atom is -0.314 e. The van der Waals surface area contributed by atoms with Crippen LogP contribution in [0.25, 0.3) is 0 Å². The van der Waals surface area contributed by atoms with E-state index in [1.807, 2.05) is 0 Å². The van der Waals surface area contributed by atoms with Gasteiger partial charge in [0.25, 0.3) is 0 Å². The molecule has 4 heteroatoms. The van der Waals surface area contributed by atoms with Crippen LogP contribution in [-0.2, 0) is 6.54 Å². The molecule has 0 bridgehead atoms. The zero-order valence-electron chi connectivity index (χ0n) is 14.2. The molecule has 4 nitrogen and oxygen atoms in total. The molecule has 1 N–H and O–H groups in total. The average molecular weight is 292 g/mol. The highest BCUT2D eigenvalue weighted by Crippen LogP contribution is 2.13. The van der Waals surface area contributed by atoms with E-state index in [1.165, 1.54) is 38.0 Å². The maximum Gasteiger partial charge on any atom is 0.0596 e. The van der Waals surface area contributed by atoms with Crippen LogP contribution in [0.5, 0.6) is 0 Å². The van der Waals surface area contributed by atoms with E-state index in [4.69, 9.17) is 0 Å². The molecule has 0 saturated carbocycles. The zero-order chi connectivity index (χ0) is 15.2. The second-order valence-corrected chi connectivity index (χ2v) is 6.72. The van der Waals surface area contributed by atoms with Crippen LogP contribution >= 0.6 is 0 Å². The summed E-state index contributed by atoms with van der Waals surface area (Å²) in [5.74, 6) is 0. The maximum absolute atomic E-state index is 4.52. The van der Waals surface area contributed by atoms with Crippen molar-refractivity contribution in [1.82, 2.24) is 20.0 Å². The quantitative estimate of drug-likeness (QED) is 0.819. The second-order valence-electron chi connectivity index (χ2n) is 6.72. The molecule has 0 aromatic carbocycles. The lowest BCUT2D eigenvalue weighted by Gasteiger charge is -2.24. The van der Waals surface area contributed by atoms with Crippen LogP contribution in [0, 0.1) is 13.8 Å². The van der Waals surface area contributed by atoms with Crippen molar-refractivity contribution in [2.75, 3.05) is 19.6 Å². The van der Waals surface area contributed by atoms with E-state index < -0.39 is 0 Å². The molecule has 1 saturated heterocycles. The van der Waals surface area contributed by atoms with Gasteiger partial charge in [0.15, 0.2) is 0 Å². The normalized spacial score (nSPS) is 20.9. The van der Waals surface area contributed by atoms with Gasteiger partial charge in [-0.3, -0.25) is 4.68 Å². The summed E-state index contributed by atoms with van der Waals surface area (Å²) < 4.78 is 2.13. The Morgan fingerprint density at radius 1 is 1.29 bits per heavy atom. The predicted molar refractivity (Wildman–Crippen MR) is 88.7 cm³/mol. The molecular formula is C17H32N4. The summed E-state index contributed by atoms with van der Waals surface area (Å²) in [5, 5.41) is 8.27. The van der Waals surface area contributed by atoms with Crippen LogP contribution in [0.4, 0.5) is 0 Å². The number of rotatable bonds is 6. The van der Waals surface area contributed by atoms with Crippen molar-refractivity contribution >= 4 is 0 Å². The molecule has 1 aliphatic heterocycles. The first kappa shape index (κ1) is 16.5. The molecule has 0 spiro atoms. The van der Waals surface area contributed by atoms with Gasteiger partial charge in [-0.25, -0.2) is 0 Å². The van der Waals surface area contributed by atoms with Crippen molar-refractivity contribution in [2.24, 2.45) is 0 Å². The largest absolute Gasteiger partial charge is 0.314 e. The Bertz CT molecular complexity index is 424. The number of likely N-dealkylation sites (tertiary alicyclic amines) is 1. The van der Waals surface area contributed by atoms with E-state index in [0.717, 1.165) is 25.2 Å². The zero-order valence-corrected chi connectivity index (χ0v) is 14.2. The van der Waals surface area contributed by atoms with Crippen LogP contribution < -0.4 is 5.32 Å². The number of aryl methyl sites for hydroxylation is 3. The van der Waals surface area contributed by atoms with Gasteiger partial charge in [-0.15, -0.1) is 0 Å². The highest BCUT2D eigenvalue weighted by molar-refractivity contribution is 5.06. The topological polar surface area (TPSA) is 33.1 Å². The first-order valence-corrected chi connectivity index (χ1v) is 8.54. The summed E-state index contributed by atoms with van der Waals surface area (Å²) >= 11 is 0. The number of hydrogen-bond donors (Lipinski definition) is 1. The summed E-state index contributed by atoms with van der Waals surface area (Å²) in [4.78, 5) is 2.61. The van der Waals surface area contributed by atoms with Crippen molar-refractivity contribution in [2.45, 2.75) is 72.0 Å². The standard InChI is InChI=1S/C17H32N4/c1-14(2)20-10-5-7-17(8-12-20)18-9-6-11-21-16(4)13-15(3)19-21/h13-14,17-18H,5-12H2,1-4H3. The van der Waals surface area contributed by atoms with Gasteiger partial charge in [-0.2, -0.15) is 5.10 Å². The van der Waals surface area contributed by atoms with Crippen LogP contribution in [0.15, 0.2) is 6.07 Å². The van der Waals surface area contributed by atoms with E-state index in [1.54, 1.807) is 0 Å². The fourth-order valence-corrected chi connectivity index (χ4v) is 3.28. The smallest absolute Gasteiger partial charge is 0.0596 e. The predicted octanol–water partition coefficient (Wildman–Crippen LogP) is 2.74.